The Bertz CT molecular complexity index is 381. The van der Waals surface area contributed by atoms with E-state index >= 15 is 0 Å². The van der Waals surface area contributed by atoms with Crippen LogP contribution in [0.15, 0.2) is 16.6 Å². The number of hydrogen-bond donors (Lipinski definition) is 2. The Morgan fingerprint density at radius 3 is 2.88 bits per heavy atom. The van der Waals surface area contributed by atoms with Gasteiger partial charge in [0.25, 0.3) is 0 Å². The van der Waals surface area contributed by atoms with Crippen molar-refractivity contribution < 1.29 is 4.79 Å². The van der Waals surface area contributed by atoms with Gasteiger partial charge in [0, 0.05) is 10.4 Å². The maximum Gasteiger partial charge on any atom is 0.228 e. The van der Waals surface area contributed by atoms with Crippen molar-refractivity contribution in [1.82, 2.24) is 4.98 Å². The summed E-state index contributed by atoms with van der Waals surface area (Å²) < 4.78 is 0.931. The molecule has 1 unspecified atom stereocenters. The van der Waals surface area contributed by atoms with E-state index in [9.17, 15) is 4.79 Å². The van der Waals surface area contributed by atoms with Crippen molar-refractivity contribution in [2.45, 2.75) is 20.3 Å². The van der Waals surface area contributed by atoms with Crippen LogP contribution in [0.1, 0.15) is 19.0 Å². The van der Waals surface area contributed by atoms with Crippen molar-refractivity contribution in [3.8, 4) is 0 Å². The summed E-state index contributed by atoms with van der Waals surface area (Å²) in [6, 6.07) is 3.63. The third kappa shape index (κ3) is 3.57. The fraction of sp³-hybridized carbons (Fsp3) is 0.455. The molecule has 1 aromatic rings. The van der Waals surface area contributed by atoms with Crippen molar-refractivity contribution in [2.75, 3.05) is 11.9 Å². The zero-order valence-corrected chi connectivity index (χ0v) is 11.0. The number of nitrogens with one attached hydrogen (secondary N) is 1. The van der Waals surface area contributed by atoms with Gasteiger partial charge in [-0.15, -0.1) is 0 Å². The molecule has 5 heteroatoms. The predicted octanol–water partition coefficient (Wildman–Crippen LogP) is 2.08. The number of pyridine rings is 1. The van der Waals surface area contributed by atoms with E-state index in [0.29, 0.717) is 18.8 Å². The van der Waals surface area contributed by atoms with Crippen LogP contribution in [-0.4, -0.2) is 17.4 Å². The maximum atomic E-state index is 11.7. The van der Waals surface area contributed by atoms with Crippen molar-refractivity contribution >= 4 is 27.7 Å². The molecule has 1 heterocycles. The van der Waals surface area contributed by atoms with Gasteiger partial charge in [-0.25, -0.2) is 4.98 Å². The standard InChI is InChI=1S/C11H16BrN3O/c1-7(5-6-13)11(16)15-10-4-3-9(12)8(2)14-10/h3-4,7H,5-6,13H2,1-2H3,(H,14,15,16). The van der Waals surface area contributed by atoms with E-state index in [4.69, 9.17) is 5.73 Å². The fourth-order valence-corrected chi connectivity index (χ4v) is 1.47. The van der Waals surface area contributed by atoms with E-state index in [-0.39, 0.29) is 11.8 Å². The van der Waals surface area contributed by atoms with Gasteiger partial charge in [-0.05, 0) is 48.0 Å². The highest BCUT2D eigenvalue weighted by Gasteiger charge is 2.12. The van der Waals surface area contributed by atoms with Crippen molar-refractivity contribution in [1.29, 1.82) is 0 Å². The van der Waals surface area contributed by atoms with Crippen LogP contribution in [0, 0.1) is 12.8 Å². The minimum Gasteiger partial charge on any atom is -0.330 e. The Kier molecular flexibility index (Phi) is 4.89. The minimum absolute atomic E-state index is 0.0420. The first-order chi connectivity index (χ1) is 7.54. The predicted molar refractivity (Wildman–Crippen MR) is 68.1 cm³/mol. The zero-order valence-electron chi connectivity index (χ0n) is 9.46. The largest absolute Gasteiger partial charge is 0.330 e. The second-order valence-electron chi connectivity index (χ2n) is 3.73. The average Bonchev–Trinajstić information content (AvgIpc) is 2.24. The fourth-order valence-electron chi connectivity index (χ4n) is 1.24. The molecule has 0 bridgehead atoms. The topological polar surface area (TPSA) is 68.0 Å². The number of nitrogens with two attached hydrogens (primary N) is 1. The van der Waals surface area contributed by atoms with Crippen LogP contribution in [0.5, 0.6) is 0 Å². The van der Waals surface area contributed by atoms with Crippen molar-refractivity contribution in [2.24, 2.45) is 11.7 Å². The molecule has 1 rings (SSSR count). The van der Waals surface area contributed by atoms with Gasteiger partial charge in [-0.1, -0.05) is 6.92 Å². The van der Waals surface area contributed by atoms with Gasteiger partial charge in [-0.3, -0.25) is 4.79 Å². The van der Waals surface area contributed by atoms with Crippen LogP contribution in [0.4, 0.5) is 5.82 Å². The average molecular weight is 286 g/mol. The van der Waals surface area contributed by atoms with Crippen LogP contribution < -0.4 is 11.1 Å². The van der Waals surface area contributed by atoms with Gasteiger partial charge in [-0.2, -0.15) is 0 Å². The number of nitrogens with zero attached hydrogens (tertiary/aromatic N) is 1. The van der Waals surface area contributed by atoms with Gasteiger partial charge >= 0.3 is 0 Å². The molecule has 0 fully saturated rings. The van der Waals surface area contributed by atoms with Crippen LogP contribution in [0.3, 0.4) is 0 Å². The normalized spacial score (nSPS) is 12.2. The number of halogens is 1. The molecule has 0 aliphatic carbocycles. The Labute approximate surface area is 104 Å². The Morgan fingerprint density at radius 1 is 1.62 bits per heavy atom. The van der Waals surface area contributed by atoms with Crippen LogP contribution in [-0.2, 0) is 4.79 Å². The van der Waals surface area contributed by atoms with E-state index in [1.165, 1.54) is 0 Å². The second-order valence-corrected chi connectivity index (χ2v) is 4.59. The number of rotatable bonds is 4. The summed E-state index contributed by atoms with van der Waals surface area (Å²) in [4.78, 5) is 15.9. The quantitative estimate of drug-likeness (QED) is 0.890. The lowest BCUT2D eigenvalue weighted by molar-refractivity contribution is -0.119. The summed E-state index contributed by atoms with van der Waals surface area (Å²) in [7, 11) is 0. The summed E-state index contributed by atoms with van der Waals surface area (Å²) >= 11 is 3.36. The third-order valence-electron chi connectivity index (χ3n) is 2.32. The monoisotopic (exact) mass is 285 g/mol. The molecular weight excluding hydrogens is 270 g/mol. The van der Waals surface area contributed by atoms with Crippen molar-refractivity contribution in [3.05, 3.63) is 22.3 Å². The molecule has 88 valence electrons. The SMILES string of the molecule is Cc1nc(NC(=O)C(C)CCN)ccc1Br. The highest BCUT2D eigenvalue weighted by molar-refractivity contribution is 9.10. The molecule has 1 amide bonds. The summed E-state index contributed by atoms with van der Waals surface area (Å²) in [5.74, 6) is 0.449. The molecule has 3 N–H and O–H groups in total. The molecule has 1 atom stereocenters. The molecule has 0 spiro atoms. The van der Waals surface area contributed by atoms with Gasteiger partial charge in [0.1, 0.15) is 5.82 Å². The highest BCUT2D eigenvalue weighted by Crippen LogP contribution is 2.16. The molecule has 0 aliphatic heterocycles. The van der Waals surface area contributed by atoms with Crippen molar-refractivity contribution in [3.63, 3.8) is 0 Å². The van der Waals surface area contributed by atoms with Crippen LogP contribution >= 0.6 is 15.9 Å². The third-order valence-corrected chi connectivity index (χ3v) is 3.16. The number of aryl methyl sites for hydroxylation is 1. The number of aromatic nitrogens is 1. The number of anilines is 1. The molecule has 0 saturated heterocycles. The minimum atomic E-state index is -0.0873. The Morgan fingerprint density at radius 2 is 2.31 bits per heavy atom. The van der Waals surface area contributed by atoms with Crippen LogP contribution in [0.2, 0.25) is 0 Å². The first-order valence-electron chi connectivity index (χ1n) is 5.18. The molecule has 0 aromatic carbocycles. The van der Waals surface area contributed by atoms with Crippen LogP contribution in [0.25, 0.3) is 0 Å². The zero-order chi connectivity index (χ0) is 12.1. The number of amides is 1. The Balaban J connectivity index is 2.66. The first-order valence-corrected chi connectivity index (χ1v) is 5.98. The molecule has 0 aliphatic rings. The van der Waals surface area contributed by atoms with Gasteiger partial charge < -0.3 is 11.1 Å². The van der Waals surface area contributed by atoms with E-state index < -0.39 is 0 Å². The maximum absolute atomic E-state index is 11.7. The molecule has 4 nitrogen and oxygen atoms in total. The summed E-state index contributed by atoms with van der Waals surface area (Å²) in [5.41, 5.74) is 6.25. The lowest BCUT2D eigenvalue weighted by Crippen LogP contribution is -2.23. The summed E-state index contributed by atoms with van der Waals surface area (Å²) in [6.07, 6.45) is 0.682. The molecule has 16 heavy (non-hydrogen) atoms. The molecule has 0 radical (unpaired) electrons. The number of carbonyl (C=O) groups is 1. The van der Waals surface area contributed by atoms with Gasteiger partial charge in [0.05, 0.1) is 5.69 Å². The second kappa shape index (κ2) is 5.96. The molecule has 1 aromatic heterocycles. The van der Waals surface area contributed by atoms with E-state index in [0.717, 1.165) is 10.2 Å². The number of carbonyl (C=O) groups excluding carboxylic acids is 1. The smallest absolute Gasteiger partial charge is 0.228 e. The van der Waals surface area contributed by atoms with E-state index in [1.54, 1.807) is 6.07 Å². The summed E-state index contributed by atoms with van der Waals surface area (Å²) in [6.45, 7) is 4.25. The molecule has 0 saturated carbocycles. The lowest BCUT2D eigenvalue weighted by Gasteiger charge is -2.11. The lowest BCUT2D eigenvalue weighted by atomic mass is 10.1. The van der Waals surface area contributed by atoms with E-state index in [2.05, 4.69) is 26.2 Å². The van der Waals surface area contributed by atoms with E-state index in [1.807, 2.05) is 19.9 Å². The highest BCUT2D eigenvalue weighted by atomic mass is 79.9. The van der Waals surface area contributed by atoms with Gasteiger partial charge in [0.2, 0.25) is 5.91 Å². The van der Waals surface area contributed by atoms with Gasteiger partial charge in [0.15, 0.2) is 0 Å². The number of hydrogen-bond acceptors (Lipinski definition) is 3. The summed E-state index contributed by atoms with van der Waals surface area (Å²) in [5, 5.41) is 2.77. The first kappa shape index (κ1) is 13.1. The molecular formula is C11H16BrN3O. The Hall–Kier alpha value is -0.940.